The summed E-state index contributed by atoms with van der Waals surface area (Å²) in [6, 6.07) is 0. The molecule has 0 aliphatic heterocycles. The SMILES string of the molecule is CC(C)C(=O)C1C(=O)C=CC(C)(C)C1=O. The highest BCUT2D eigenvalue weighted by atomic mass is 16.2. The molecule has 1 rings (SSSR count). The zero-order chi connectivity index (χ0) is 11.8. The van der Waals surface area contributed by atoms with Crippen molar-refractivity contribution in [2.45, 2.75) is 27.7 Å². The molecule has 0 saturated carbocycles. The van der Waals surface area contributed by atoms with Gasteiger partial charge in [-0.15, -0.1) is 0 Å². The molecule has 0 aromatic rings. The molecule has 0 bridgehead atoms. The molecule has 0 aromatic carbocycles. The average Bonchev–Trinajstić information content (AvgIpc) is 2.12. The van der Waals surface area contributed by atoms with E-state index in [1.165, 1.54) is 6.08 Å². The molecule has 15 heavy (non-hydrogen) atoms. The maximum atomic E-state index is 11.9. The van der Waals surface area contributed by atoms with Crippen LogP contribution in [0, 0.1) is 17.3 Å². The molecule has 0 saturated heterocycles. The van der Waals surface area contributed by atoms with Gasteiger partial charge in [0.15, 0.2) is 17.3 Å². The van der Waals surface area contributed by atoms with Gasteiger partial charge in [-0.1, -0.05) is 19.9 Å². The van der Waals surface area contributed by atoms with Gasteiger partial charge in [0.2, 0.25) is 0 Å². The second-order valence-electron chi connectivity index (χ2n) is 4.81. The van der Waals surface area contributed by atoms with Gasteiger partial charge < -0.3 is 0 Å². The predicted molar refractivity (Wildman–Crippen MR) is 56.3 cm³/mol. The first-order valence-electron chi connectivity index (χ1n) is 5.08. The number of allylic oxidation sites excluding steroid dienone is 2. The molecule has 0 spiro atoms. The van der Waals surface area contributed by atoms with Gasteiger partial charge in [0.1, 0.15) is 5.92 Å². The van der Waals surface area contributed by atoms with E-state index in [0.29, 0.717) is 0 Å². The van der Waals surface area contributed by atoms with Crippen molar-refractivity contribution in [3.8, 4) is 0 Å². The van der Waals surface area contributed by atoms with E-state index in [-0.39, 0.29) is 23.3 Å². The molecular formula is C12H16O3. The molecule has 0 N–H and O–H groups in total. The maximum absolute atomic E-state index is 11.9. The van der Waals surface area contributed by atoms with Crippen LogP contribution in [0.4, 0.5) is 0 Å². The van der Waals surface area contributed by atoms with Crippen molar-refractivity contribution in [3.05, 3.63) is 12.2 Å². The van der Waals surface area contributed by atoms with Gasteiger partial charge in [-0.25, -0.2) is 0 Å². The van der Waals surface area contributed by atoms with Gasteiger partial charge >= 0.3 is 0 Å². The van der Waals surface area contributed by atoms with Crippen LogP contribution in [0.25, 0.3) is 0 Å². The van der Waals surface area contributed by atoms with E-state index in [4.69, 9.17) is 0 Å². The summed E-state index contributed by atoms with van der Waals surface area (Å²) in [5.74, 6) is -2.30. The molecule has 1 aliphatic rings. The summed E-state index contributed by atoms with van der Waals surface area (Å²) in [6.45, 7) is 6.85. The van der Waals surface area contributed by atoms with Crippen LogP contribution in [0.1, 0.15) is 27.7 Å². The topological polar surface area (TPSA) is 51.2 Å². The van der Waals surface area contributed by atoms with Crippen molar-refractivity contribution in [3.63, 3.8) is 0 Å². The van der Waals surface area contributed by atoms with Crippen LogP contribution in [0.3, 0.4) is 0 Å². The standard InChI is InChI=1S/C12H16O3/c1-7(2)10(14)9-8(13)5-6-12(3,4)11(9)15/h5-7,9H,1-4H3. The Morgan fingerprint density at radius 3 is 2.33 bits per heavy atom. The second kappa shape index (κ2) is 3.72. The van der Waals surface area contributed by atoms with Gasteiger partial charge in [0.05, 0.1) is 0 Å². The molecule has 82 valence electrons. The van der Waals surface area contributed by atoms with Crippen LogP contribution in [0.2, 0.25) is 0 Å². The first-order valence-corrected chi connectivity index (χ1v) is 5.08. The summed E-state index contributed by atoms with van der Waals surface area (Å²) in [5.41, 5.74) is -0.705. The summed E-state index contributed by atoms with van der Waals surface area (Å²) >= 11 is 0. The number of Topliss-reactive ketones (excluding diaryl/α,β-unsaturated/α-hetero) is 2. The lowest BCUT2D eigenvalue weighted by Gasteiger charge is -2.27. The Hall–Kier alpha value is -1.25. The van der Waals surface area contributed by atoms with Crippen molar-refractivity contribution in [1.82, 2.24) is 0 Å². The fraction of sp³-hybridized carbons (Fsp3) is 0.583. The summed E-state index contributed by atoms with van der Waals surface area (Å²) in [5, 5.41) is 0. The lowest BCUT2D eigenvalue weighted by Crippen LogP contribution is -2.43. The van der Waals surface area contributed by atoms with Gasteiger partial charge in [0.25, 0.3) is 0 Å². The Labute approximate surface area is 89.5 Å². The van der Waals surface area contributed by atoms with Crippen molar-refractivity contribution < 1.29 is 14.4 Å². The maximum Gasteiger partial charge on any atom is 0.173 e. The normalized spacial score (nSPS) is 24.7. The third kappa shape index (κ3) is 2.06. The van der Waals surface area contributed by atoms with E-state index < -0.39 is 11.3 Å². The van der Waals surface area contributed by atoms with E-state index in [1.54, 1.807) is 33.8 Å². The fourth-order valence-corrected chi connectivity index (χ4v) is 1.57. The number of hydrogen-bond acceptors (Lipinski definition) is 3. The van der Waals surface area contributed by atoms with Gasteiger partial charge in [-0.05, 0) is 19.9 Å². The summed E-state index contributed by atoms with van der Waals surface area (Å²) in [6.07, 6.45) is 2.92. The molecule has 3 heteroatoms. The predicted octanol–water partition coefficient (Wildman–Crippen LogP) is 1.56. The van der Waals surface area contributed by atoms with Crippen LogP contribution in [-0.4, -0.2) is 17.3 Å². The van der Waals surface area contributed by atoms with Gasteiger partial charge in [-0.3, -0.25) is 14.4 Å². The molecule has 3 nitrogen and oxygen atoms in total. The lowest BCUT2D eigenvalue weighted by molar-refractivity contribution is -0.143. The number of hydrogen-bond donors (Lipinski definition) is 0. The number of carbonyl (C=O) groups excluding carboxylic acids is 3. The summed E-state index contributed by atoms with van der Waals surface area (Å²) in [4.78, 5) is 35.2. The van der Waals surface area contributed by atoms with E-state index in [0.717, 1.165) is 0 Å². The van der Waals surface area contributed by atoms with Crippen molar-refractivity contribution in [2.75, 3.05) is 0 Å². The minimum atomic E-state index is -1.08. The van der Waals surface area contributed by atoms with E-state index in [1.807, 2.05) is 0 Å². The summed E-state index contributed by atoms with van der Waals surface area (Å²) < 4.78 is 0. The number of ketones is 3. The Kier molecular flexibility index (Phi) is 2.93. The molecular weight excluding hydrogens is 192 g/mol. The quantitative estimate of drug-likeness (QED) is 0.647. The zero-order valence-electron chi connectivity index (χ0n) is 9.53. The van der Waals surface area contributed by atoms with Crippen molar-refractivity contribution >= 4 is 17.3 Å². The van der Waals surface area contributed by atoms with Crippen LogP contribution in [-0.2, 0) is 14.4 Å². The largest absolute Gasteiger partial charge is 0.298 e. The lowest BCUT2D eigenvalue weighted by atomic mass is 9.72. The summed E-state index contributed by atoms with van der Waals surface area (Å²) in [7, 11) is 0. The van der Waals surface area contributed by atoms with E-state index >= 15 is 0 Å². The molecule has 0 fully saturated rings. The smallest absolute Gasteiger partial charge is 0.173 e. The molecule has 0 radical (unpaired) electrons. The van der Waals surface area contributed by atoms with Crippen molar-refractivity contribution in [1.29, 1.82) is 0 Å². The van der Waals surface area contributed by atoms with Crippen LogP contribution < -0.4 is 0 Å². The molecule has 0 amide bonds. The molecule has 1 aliphatic carbocycles. The van der Waals surface area contributed by atoms with Crippen LogP contribution in [0.15, 0.2) is 12.2 Å². The minimum Gasteiger partial charge on any atom is -0.298 e. The third-order valence-corrected chi connectivity index (χ3v) is 2.70. The van der Waals surface area contributed by atoms with Crippen molar-refractivity contribution in [2.24, 2.45) is 17.3 Å². The number of rotatable bonds is 2. The second-order valence-corrected chi connectivity index (χ2v) is 4.81. The highest BCUT2D eigenvalue weighted by Gasteiger charge is 2.43. The first kappa shape index (κ1) is 11.8. The monoisotopic (exact) mass is 208 g/mol. The highest BCUT2D eigenvalue weighted by Crippen LogP contribution is 2.29. The van der Waals surface area contributed by atoms with Gasteiger partial charge in [-0.2, -0.15) is 0 Å². The Morgan fingerprint density at radius 1 is 1.33 bits per heavy atom. The first-order chi connectivity index (χ1) is 6.77. The Morgan fingerprint density at radius 2 is 1.87 bits per heavy atom. The van der Waals surface area contributed by atoms with Crippen LogP contribution in [0.5, 0.6) is 0 Å². The molecule has 0 aromatic heterocycles. The Bertz CT molecular complexity index is 348. The molecule has 1 atom stereocenters. The zero-order valence-corrected chi connectivity index (χ0v) is 9.53. The molecule has 1 unspecified atom stereocenters. The van der Waals surface area contributed by atoms with Crippen LogP contribution >= 0.6 is 0 Å². The number of carbonyl (C=O) groups is 3. The fourth-order valence-electron chi connectivity index (χ4n) is 1.57. The third-order valence-electron chi connectivity index (χ3n) is 2.70. The highest BCUT2D eigenvalue weighted by molar-refractivity contribution is 6.25. The Balaban J connectivity index is 3.10. The molecule has 0 heterocycles. The van der Waals surface area contributed by atoms with Gasteiger partial charge in [0, 0.05) is 11.3 Å². The van der Waals surface area contributed by atoms with E-state index in [9.17, 15) is 14.4 Å². The van der Waals surface area contributed by atoms with E-state index in [2.05, 4.69) is 0 Å². The average molecular weight is 208 g/mol. The minimum absolute atomic E-state index is 0.276.